The maximum atomic E-state index is 12.3. The Balaban J connectivity index is 1.75. The Morgan fingerprint density at radius 3 is 2.73 bits per heavy atom. The minimum absolute atomic E-state index is 0.0485. The second-order valence-electron chi connectivity index (χ2n) is 9.58. The van der Waals surface area contributed by atoms with Crippen molar-refractivity contribution >= 4 is 11.6 Å². The molecule has 0 amide bonds. The Kier molecular flexibility index (Phi) is 4.09. The van der Waals surface area contributed by atoms with Gasteiger partial charge in [0.05, 0.1) is 6.10 Å². The zero-order valence-corrected chi connectivity index (χ0v) is 15.9. The van der Waals surface area contributed by atoms with E-state index in [9.17, 15) is 19.8 Å². The number of allylic oxidation sites excluding steroid dienone is 4. The highest BCUT2D eigenvalue weighted by atomic mass is 16.3. The summed E-state index contributed by atoms with van der Waals surface area (Å²) in [4.78, 5) is 24.3. The van der Waals surface area contributed by atoms with Crippen molar-refractivity contribution in [3.8, 4) is 0 Å². The fourth-order valence-corrected chi connectivity index (χ4v) is 7.39. The third-order valence-corrected chi connectivity index (χ3v) is 8.36. The molecule has 4 nitrogen and oxygen atoms in total. The number of ketones is 2. The average Bonchev–Trinajstić information content (AvgIpc) is 2.92. The first-order valence-electron chi connectivity index (χ1n) is 9.99. The van der Waals surface area contributed by atoms with Crippen molar-refractivity contribution in [2.24, 2.45) is 40.4 Å². The molecule has 0 radical (unpaired) electrons. The number of aliphatic hydroxyl groups is 2. The molecule has 1 unspecified atom stereocenters. The first-order chi connectivity index (χ1) is 12.2. The van der Waals surface area contributed by atoms with Gasteiger partial charge in [-0.3, -0.25) is 9.59 Å². The van der Waals surface area contributed by atoms with Crippen LogP contribution in [0.4, 0.5) is 0 Å². The summed E-state index contributed by atoms with van der Waals surface area (Å²) in [5, 5.41) is 20.6. The van der Waals surface area contributed by atoms with Gasteiger partial charge < -0.3 is 10.2 Å². The minimum Gasteiger partial charge on any atom is -0.393 e. The predicted octanol–water partition coefficient (Wildman–Crippen LogP) is 2.69. The van der Waals surface area contributed by atoms with Crippen LogP contribution in [0.1, 0.15) is 46.5 Å². The molecule has 0 heterocycles. The van der Waals surface area contributed by atoms with Crippen LogP contribution in [0.3, 0.4) is 0 Å². The molecule has 4 aliphatic carbocycles. The largest absolute Gasteiger partial charge is 0.393 e. The van der Waals surface area contributed by atoms with Gasteiger partial charge in [0.25, 0.3) is 0 Å². The van der Waals surface area contributed by atoms with Crippen molar-refractivity contribution in [2.75, 3.05) is 6.61 Å². The van der Waals surface area contributed by atoms with Gasteiger partial charge in [0, 0.05) is 17.3 Å². The maximum Gasteiger partial charge on any atom is 0.178 e. The smallest absolute Gasteiger partial charge is 0.178 e. The predicted molar refractivity (Wildman–Crippen MR) is 98.1 cm³/mol. The molecule has 2 N–H and O–H groups in total. The van der Waals surface area contributed by atoms with E-state index in [2.05, 4.69) is 20.8 Å². The van der Waals surface area contributed by atoms with E-state index in [1.165, 1.54) is 0 Å². The summed E-state index contributed by atoms with van der Waals surface area (Å²) in [5.74, 6) is 0.967. The van der Waals surface area contributed by atoms with Crippen LogP contribution >= 0.6 is 0 Å². The first-order valence-corrected chi connectivity index (χ1v) is 9.99. The second-order valence-corrected chi connectivity index (χ2v) is 9.58. The van der Waals surface area contributed by atoms with Gasteiger partial charge >= 0.3 is 0 Å². The normalized spacial score (nSPS) is 49.9. The van der Waals surface area contributed by atoms with Crippen molar-refractivity contribution in [3.63, 3.8) is 0 Å². The topological polar surface area (TPSA) is 74.6 Å². The summed E-state index contributed by atoms with van der Waals surface area (Å²) in [6, 6.07) is 0. The molecule has 142 valence electrons. The molecule has 4 rings (SSSR count). The van der Waals surface area contributed by atoms with E-state index < -0.39 is 12.7 Å². The Hall–Kier alpha value is -1.26. The molecule has 8 atom stereocenters. The summed E-state index contributed by atoms with van der Waals surface area (Å²) in [5.41, 5.74) is 0.650. The number of hydrogen-bond donors (Lipinski definition) is 2. The van der Waals surface area contributed by atoms with Crippen molar-refractivity contribution in [2.45, 2.75) is 52.6 Å². The van der Waals surface area contributed by atoms with Crippen molar-refractivity contribution in [1.82, 2.24) is 0 Å². The Labute approximate surface area is 155 Å². The molecule has 0 aromatic heterocycles. The lowest BCUT2D eigenvalue weighted by molar-refractivity contribution is -0.143. The standard InChI is InChI=1S/C22H30O4/c1-12-8-14-15-4-5-16(19(26)11-23)22(15,3)10-18(25)20(14)21(2)7-6-13(24)9-17(12)21/h6-7,9,12,14-16,18,20,23,25H,4-5,8,10-11H2,1-3H3/t12-,14-,15?,16+,18-,20+,21-,22-/m0/s1. The van der Waals surface area contributed by atoms with Crippen LogP contribution in [0.25, 0.3) is 0 Å². The van der Waals surface area contributed by atoms with E-state index >= 15 is 0 Å². The molecule has 3 saturated carbocycles. The van der Waals surface area contributed by atoms with Crippen LogP contribution in [0.15, 0.2) is 23.8 Å². The first kappa shape index (κ1) is 18.1. The molecule has 0 aromatic rings. The number of fused-ring (bicyclic) bond motifs is 5. The highest BCUT2D eigenvalue weighted by Crippen LogP contribution is 2.66. The number of hydrogen-bond acceptors (Lipinski definition) is 4. The maximum absolute atomic E-state index is 12.3. The molecule has 4 aliphatic rings. The van der Waals surface area contributed by atoms with Gasteiger partial charge in [0.2, 0.25) is 0 Å². The molecule has 3 fully saturated rings. The highest BCUT2D eigenvalue weighted by molar-refractivity contribution is 6.01. The van der Waals surface area contributed by atoms with E-state index in [-0.39, 0.29) is 34.2 Å². The molecule has 26 heavy (non-hydrogen) atoms. The van der Waals surface area contributed by atoms with E-state index in [0.29, 0.717) is 24.2 Å². The SMILES string of the molecule is C[C@H]1C[C@H]2C3CC[C@H](C(=O)CO)[C@@]3(C)C[C@H](O)[C@@H]2[C@@]2(C)C=CC(=O)C=C12. The summed E-state index contributed by atoms with van der Waals surface area (Å²) < 4.78 is 0. The third kappa shape index (κ3) is 2.27. The Bertz CT molecular complexity index is 707. The highest BCUT2D eigenvalue weighted by Gasteiger charge is 2.63. The molecule has 0 aromatic carbocycles. The van der Waals surface area contributed by atoms with Crippen molar-refractivity contribution < 1.29 is 19.8 Å². The van der Waals surface area contributed by atoms with Crippen molar-refractivity contribution in [1.29, 1.82) is 0 Å². The van der Waals surface area contributed by atoms with Gasteiger partial charge in [-0.2, -0.15) is 0 Å². The summed E-state index contributed by atoms with van der Waals surface area (Å²) >= 11 is 0. The van der Waals surface area contributed by atoms with E-state index in [4.69, 9.17) is 0 Å². The summed E-state index contributed by atoms with van der Waals surface area (Å²) in [6.07, 6.45) is 8.35. The number of carbonyl (C=O) groups excluding carboxylic acids is 2. The quantitative estimate of drug-likeness (QED) is 0.796. The van der Waals surface area contributed by atoms with Gasteiger partial charge in [-0.1, -0.05) is 32.4 Å². The molecular formula is C22H30O4. The van der Waals surface area contributed by atoms with Gasteiger partial charge in [0.15, 0.2) is 11.6 Å². The molecule has 0 bridgehead atoms. The van der Waals surface area contributed by atoms with Crippen LogP contribution in [0.5, 0.6) is 0 Å². The molecule has 4 heteroatoms. The van der Waals surface area contributed by atoms with E-state index in [1.807, 2.05) is 6.08 Å². The Morgan fingerprint density at radius 1 is 1.31 bits per heavy atom. The average molecular weight is 358 g/mol. The number of Topliss-reactive ketones (excluding diaryl/α,β-unsaturated/α-hetero) is 1. The lowest BCUT2D eigenvalue weighted by Crippen LogP contribution is -2.57. The lowest BCUT2D eigenvalue weighted by Gasteiger charge is -2.60. The van der Waals surface area contributed by atoms with Crippen LogP contribution < -0.4 is 0 Å². The zero-order valence-electron chi connectivity index (χ0n) is 15.9. The minimum atomic E-state index is -0.493. The second kappa shape index (κ2) is 5.87. The van der Waals surface area contributed by atoms with Crippen molar-refractivity contribution in [3.05, 3.63) is 23.8 Å². The van der Waals surface area contributed by atoms with Crippen LogP contribution in [-0.4, -0.2) is 34.5 Å². The zero-order chi connectivity index (χ0) is 18.9. The number of aliphatic hydroxyl groups excluding tert-OH is 2. The fraction of sp³-hybridized carbons (Fsp3) is 0.727. The molecule has 0 aliphatic heterocycles. The lowest BCUT2D eigenvalue weighted by atomic mass is 9.45. The third-order valence-electron chi connectivity index (χ3n) is 8.36. The summed E-state index contributed by atoms with van der Waals surface area (Å²) in [6.45, 7) is 6.12. The summed E-state index contributed by atoms with van der Waals surface area (Å²) in [7, 11) is 0. The van der Waals surface area contributed by atoms with E-state index in [0.717, 1.165) is 24.8 Å². The Morgan fingerprint density at radius 2 is 2.04 bits per heavy atom. The van der Waals surface area contributed by atoms with E-state index in [1.54, 1.807) is 12.2 Å². The van der Waals surface area contributed by atoms with Crippen LogP contribution in [-0.2, 0) is 9.59 Å². The molecule has 0 saturated heterocycles. The number of carbonyl (C=O) groups is 2. The monoisotopic (exact) mass is 358 g/mol. The van der Waals surface area contributed by atoms with Crippen LogP contribution in [0.2, 0.25) is 0 Å². The van der Waals surface area contributed by atoms with Gasteiger partial charge in [-0.05, 0) is 61.0 Å². The van der Waals surface area contributed by atoms with Gasteiger partial charge in [-0.25, -0.2) is 0 Å². The molecule has 0 spiro atoms. The van der Waals surface area contributed by atoms with Crippen LogP contribution in [0, 0.1) is 40.4 Å². The fourth-order valence-electron chi connectivity index (χ4n) is 7.39. The molecular weight excluding hydrogens is 328 g/mol. The number of rotatable bonds is 2. The van der Waals surface area contributed by atoms with Gasteiger partial charge in [-0.15, -0.1) is 0 Å². The van der Waals surface area contributed by atoms with Gasteiger partial charge in [0.1, 0.15) is 6.61 Å².